The number of hydrogen-bond donors (Lipinski definition) is 1. The third-order valence-corrected chi connectivity index (χ3v) is 3.75. The number of nitrogens with one attached hydrogen (secondary N) is 1. The molecular formula is C12H26N2. The van der Waals surface area contributed by atoms with Gasteiger partial charge in [0.2, 0.25) is 0 Å². The summed E-state index contributed by atoms with van der Waals surface area (Å²) >= 11 is 0. The summed E-state index contributed by atoms with van der Waals surface area (Å²) in [6.45, 7) is 11.6. The van der Waals surface area contributed by atoms with Crippen LogP contribution in [0.4, 0.5) is 0 Å². The molecule has 0 bridgehead atoms. The molecule has 1 N–H and O–H groups in total. The van der Waals surface area contributed by atoms with E-state index in [1.54, 1.807) is 0 Å². The molecule has 1 fully saturated rings. The summed E-state index contributed by atoms with van der Waals surface area (Å²) in [7, 11) is 2.27. The van der Waals surface area contributed by atoms with Crippen LogP contribution in [-0.2, 0) is 0 Å². The highest BCUT2D eigenvalue weighted by atomic mass is 15.2. The lowest BCUT2D eigenvalue weighted by Crippen LogP contribution is -2.58. The summed E-state index contributed by atoms with van der Waals surface area (Å²) in [5.41, 5.74) is 0. The maximum Gasteiger partial charge on any atom is 0.0243 e. The van der Waals surface area contributed by atoms with E-state index in [0.29, 0.717) is 6.04 Å². The molecule has 0 aromatic rings. The summed E-state index contributed by atoms with van der Waals surface area (Å²) in [4.78, 5) is 2.54. The first kappa shape index (κ1) is 12.0. The third kappa shape index (κ3) is 2.71. The van der Waals surface area contributed by atoms with Gasteiger partial charge >= 0.3 is 0 Å². The minimum atomic E-state index is 0.681. The molecule has 0 aromatic heterocycles. The Hall–Kier alpha value is -0.0800. The van der Waals surface area contributed by atoms with E-state index in [4.69, 9.17) is 0 Å². The van der Waals surface area contributed by atoms with Crippen LogP contribution < -0.4 is 5.32 Å². The molecule has 1 saturated heterocycles. The van der Waals surface area contributed by atoms with E-state index in [2.05, 4.69) is 45.0 Å². The minimum Gasteiger partial charge on any atom is -0.311 e. The summed E-state index contributed by atoms with van der Waals surface area (Å²) in [5.74, 6) is 1.55. The van der Waals surface area contributed by atoms with Gasteiger partial charge in [-0.05, 0) is 18.9 Å². The average molecular weight is 198 g/mol. The molecule has 0 amide bonds. The van der Waals surface area contributed by atoms with Crippen LogP contribution in [-0.4, -0.2) is 37.1 Å². The van der Waals surface area contributed by atoms with Crippen LogP contribution in [0.2, 0.25) is 0 Å². The quantitative estimate of drug-likeness (QED) is 0.746. The molecule has 3 atom stereocenters. The molecule has 0 saturated carbocycles. The summed E-state index contributed by atoms with van der Waals surface area (Å²) in [6, 6.07) is 1.41. The Kier molecular flexibility index (Phi) is 4.39. The molecule has 2 heteroatoms. The summed E-state index contributed by atoms with van der Waals surface area (Å²) in [6.07, 6.45) is 1.28. The molecule has 1 aliphatic rings. The average Bonchev–Trinajstić information content (AvgIpc) is 2.16. The fraction of sp³-hybridized carbons (Fsp3) is 1.00. The minimum absolute atomic E-state index is 0.681. The van der Waals surface area contributed by atoms with Crippen LogP contribution in [0.15, 0.2) is 0 Å². The molecule has 1 aliphatic heterocycles. The highest BCUT2D eigenvalue weighted by Crippen LogP contribution is 2.18. The molecule has 0 spiro atoms. The third-order valence-electron chi connectivity index (χ3n) is 3.75. The first-order valence-electron chi connectivity index (χ1n) is 5.99. The molecular weight excluding hydrogens is 172 g/mol. The van der Waals surface area contributed by atoms with Gasteiger partial charge in [0.1, 0.15) is 0 Å². The predicted molar refractivity (Wildman–Crippen MR) is 62.5 cm³/mol. The molecule has 14 heavy (non-hydrogen) atoms. The van der Waals surface area contributed by atoms with Crippen molar-refractivity contribution in [2.24, 2.45) is 11.8 Å². The van der Waals surface area contributed by atoms with E-state index >= 15 is 0 Å². The van der Waals surface area contributed by atoms with E-state index in [-0.39, 0.29) is 0 Å². The number of nitrogens with zero attached hydrogens (tertiary/aromatic N) is 1. The van der Waals surface area contributed by atoms with E-state index in [1.807, 2.05) is 0 Å². The standard InChI is InChI=1S/C12H26N2/c1-6-10(4)12-7-13-11(9(2)3)8-14(12)5/h9-13H,6-8H2,1-5H3. The fourth-order valence-corrected chi connectivity index (χ4v) is 2.29. The van der Waals surface area contributed by atoms with Crippen LogP contribution in [0.25, 0.3) is 0 Å². The Morgan fingerprint density at radius 3 is 2.43 bits per heavy atom. The molecule has 84 valence electrons. The van der Waals surface area contributed by atoms with Crippen molar-refractivity contribution in [1.29, 1.82) is 0 Å². The van der Waals surface area contributed by atoms with Gasteiger partial charge in [-0.3, -0.25) is 0 Å². The molecule has 0 aliphatic carbocycles. The first-order chi connectivity index (χ1) is 6.56. The maximum atomic E-state index is 3.67. The first-order valence-corrected chi connectivity index (χ1v) is 5.99. The van der Waals surface area contributed by atoms with E-state index < -0.39 is 0 Å². The summed E-state index contributed by atoms with van der Waals surface area (Å²) in [5, 5.41) is 3.67. The molecule has 1 heterocycles. The van der Waals surface area contributed by atoms with Gasteiger partial charge in [0.05, 0.1) is 0 Å². The Labute approximate surface area is 89.1 Å². The zero-order chi connectivity index (χ0) is 10.7. The van der Waals surface area contributed by atoms with Crippen LogP contribution >= 0.6 is 0 Å². The predicted octanol–water partition coefficient (Wildman–Crippen LogP) is 1.96. The normalized spacial score (nSPS) is 32.1. The Balaban J connectivity index is 2.47. The Bertz CT molecular complexity index is 168. The van der Waals surface area contributed by atoms with Gasteiger partial charge in [-0.1, -0.05) is 34.1 Å². The monoisotopic (exact) mass is 198 g/mol. The van der Waals surface area contributed by atoms with E-state index in [1.165, 1.54) is 13.0 Å². The second kappa shape index (κ2) is 5.13. The maximum absolute atomic E-state index is 3.67. The van der Waals surface area contributed by atoms with Crippen molar-refractivity contribution in [2.45, 2.75) is 46.2 Å². The smallest absolute Gasteiger partial charge is 0.0243 e. The van der Waals surface area contributed by atoms with Crippen LogP contribution in [0.1, 0.15) is 34.1 Å². The van der Waals surface area contributed by atoms with Gasteiger partial charge in [0, 0.05) is 25.2 Å². The van der Waals surface area contributed by atoms with Gasteiger partial charge in [-0.25, -0.2) is 0 Å². The number of hydrogen-bond acceptors (Lipinski definition) is 2. The molecule has 0 aromatic carbocycles. The second-order valence-corrected chi connectivity index (χ2v) is 5.15. The summed E-state index contributed by atoms with van der Waals surface area (Å²) < 4.78 is 0. The van der Waals surface area contributed by atoms with Gasteiger partial charge in [0.15, 0.2) is 0 Å². The van der Waals surface area contributed by atoms with Crippen LogP contribution in [0.3, 0.4) is 0 Å². The molecule has 1 rings (SSSR count). The van der Waals surface area contributed by atoms with Crippen LogP contribution in [0, 0.1) is 11.8 Å². The molecule has 2 nitrogen and oxygen atoms in total. The molecule has 0 radical (unpaired) electrons. The van der Waals surface area contributed by atoms with Crippen molar-refractivity contribution >= 4 is 0 Å². The lowest BCUT2D eigenvalue weighted by Gasteiger charge is -2.42. The topological polar surface area (TPSA) is 15.3 Å². The SMILES string of the molecule is CCC(C)C1CNC(C(C)C)CN1C. The number of likely N-dealkylation sites (N-methyl/N-ethyl adjacent to an activating group) is 1. The van der Waals surface area contributed by atoms with Gasteiger partial charge in [-0.2, -0.15) is 0 Å². The van der Waals surface area contributed by atoms with Crippen molar-refractivity contribution in [3.63, 3.8) is 0 Å². The van der Waals surface area contributed by atoms with Gasteiger partial charge < -0.3 is 10.2 Å². The lowest BCUT2D eigenvalue weighted by atomic mass is 9.92. The van der Waals surface area contributed by atoms with Crippen molar-refractivity contribution in [3.8, 4) is 0 Å². The highest BCUT2D eigenvalue weighted by Gasteiger charge is 2.29. The number of rotatable bonds is 3. The van der Waals surface area contributed by atoms with Crippen molar-refractivity contribution in [1.82, 2.24) is 10.2 Å². The number of piperazine rings is 1. The van der Waals surface area contributed by atoms with Crippen molar-refractivity contribution < 1.29 is 0 Å². The van der Waals surface area contributed by atoms with E-state index in [9.17, 15) is 0 Å². The highest BCUT2D eigenvalue weighted by molar-refractivity contribution is 4.87. The Morgan fingerprint density at radius 1 is 1.36 bits per heavy atom. The van der Waals surface area contributed by atoms with Crippen LogP contribution in [0.5, 0.6) is 0 Å². The van der Waals surface area contributed by atoms with Gasteiger partial charge in [-0.15, -0.1) is 0 Å². The van der Waals surface area contributed by atoms with Crippen molar-refractivity contribution in [3.05, 3.63) is 0 Å². The molecule has 3 unspecified atom stereocenters. The fourth-order valence-electron chi connectivity index (χ4n) is 2.29. The van der Waals surface area contributed by atoms with Crippen molar-refractivity contribution in [2.75, 3.05) is 20.1 Å². The van der Waals surface area contributed by atoms with Gasteiger partial charge in [0.25, 0.3) is 0 Å². The zero-order valence-corrected chi connectivity index (χ0v) is 10.4. The largest absolute Gasteiger partial charge is 0.311 e. The Morgan fingerprint density at radius 2 is 2.00 bits per heavy atom. The second-order valence-electron chi connectivity index (χ2n) is 5.15. The zero-order valence-electron chi connectivity index (χ0n) is 10.4. The van der Waals surface area contributed by atoms with E-state index in [0.717, 1.165) is 24.4 Å². The lowest BCUT2D eigenvalue weighted by molar-refractivity contribution is 0.105.